The predicted molar refractivity (Wildman–Crippen MR) is 162 cm³/mol. The van der Waals surface area contributed by atoms with Crippen LogP contribution in [0.4, 0.5) is 10.2 Å². The SMILES string of the molecule is C=CC(=O)N1CCN(c2nc(=O)n(-c3c(C)cccc3C(C)C)c3cc(-c4c(O)cccc4F)c(Cl)cc23)C(C)C1. The molecule has 9 heteroatoms. The number of anilines is 1. The molecule has 7 nitrogen and oxygen atoms in total. The van der Waals surface area contributed by atoms with Crippen molar-refractivity contribution in [3.8, 4) is 22.6 Å². The first kappa shape index (κ1) is 28.4. The van der Waals surface area contributed by atoms with E-state index in [0.29, 0.717) is 42.0 Å². The summed E-state index contributed by atoms with van der Waals surface area (Å²) in [6.07, 6.45) is 1.30. The highest BCUT2D eigenvalue weighted by atomic mass is 35.5. The molecule has 0 bridgehead atoms. The molecule has 1 amide bonds. The van der Waals surface area contributed by atoms with Crippen LogP contribution in [0, 0.1) is 12.7 Å². The number of phenolic OH excluding ortho intramolecular Hbond substituents is 1. The monoisotopic (exact) mass is 574 g/mol. The fraction of sp³-hybridized carbons (Fsp3) is 0.281. The lowest BCUT2D eigenvalue weighted by Gasteiger charge is -2.40. The summed E-state index contributed by atoms with van der Waals surface area (Å²) in [5.74, 6) is -0.507. The predicted octanol–water partition coefficient (Wildman–Crippen LogP) is 6.21. The van der Waals surface area contributed by atoms with Crippen molar-refractivity contribution in [2.45, 2.75) is 39.7 Å². The van der Waals surface area contributed by atoms with E-state index in [1.54, 1.807) is 21.6 Å². The molecular formula is C32H32ClFN4O3. The molecule has 1 atom stereocenters. The Kier molecular flexibility index (Phi) is 7.62. The Morgan fingerprint density at radius 2 is 1.93 bits per heavy atom. The van der Waals surface area contributed by atoms with E-state index in [9.17, 15) is 14.7 Å². The third-order valence-electron chi connectivity index (χ3n) is 7.72. The number of phenols is 1. The van der Waals surface area contributed by atoms with Gasteiger partial charge < -0.3 is 14.9 Å². The van der Waals surface area contributed by atoms with E-state index in [2.05, 4.69) is 25.4 Å². The maximum Gasteiger partial charge on any atom is 0.354 e. The van der Waals surface area contributed by atoms with Crippen molar-refractivity contribution in [2.75, 3.05) is 24.5 Å². The van der Waals surface area contributed by atoms with E-state index in [-0.39, 0.29) is 39.8 Å². The number of para-hydroxylation sites is 1. The number of benzene rings is 3. The fourth-order valence-electron chi connectivity index (χ4n) is 5.69. The summed E-state index contributed by atoms with van der Waals surface area (Å²) in [6, 6.07) is 13.1. The summed E-state index contributed by atoms with van der Waals surface area (Å²) < 4.78 is 16.6. The number of aromatic nitrogens is 2. The molecule has 0 spiro atoms. The second-order valence-electron chi connectivity index (χ2n) is 10.7. The number of rotatable bonds is 5. The van der Waals surface area contributed by atoms with Crippen LogP contribution in [0.25, 0.3) is 27.7 Å². The molecule has 1 aliphatic heterocycles. The third-order valence-corrected chi connectivity index (χ3v) is 8.03. The van der Waals surface area contributed by atoms with Crippen LogP contribution < -0.4 is 10.6 Å². The molecule has 2 heterocycles. The number of aryl methyl sites for hydroxylation is 1. The zero-order chi connectivity index (χ0) is 29.6. The van der Waals surface area contributed by atoms with Crippen LogP contribution in [0.2, 0.25) is 5.02 Å². The van der Waals surface area contributed by atoms with Gasteiger partial charge in [-0.05, 0) is 61.2 Å². The molecule has 1 unspecified atom stereocenters. The summed E-state index contributed by atoms with van der Waals surface area (Å²) in [7, 11) is 0. The van der Waals surface area contributed by atoms with Gasteiger partial charge in [0.25, 0.3) is 0 Å². The summed E-state index contributed by atoms with van der Waals surface area (Å²) in [5.41, 5.74) is 2.74. The van der Waals surface area contributed by atoms with Crippen LogP contribution in [-0.4, -0.2) is 51.1 Å². The molecule has 41 heavy (non-hydrogen) atoms. The first-order chi connectivity index (χ1) is 19.5. The van der Waals surface area contributed by atoms with Gasteiger partial charge in [0.1, 0.15) is 17.4 Å². The Morgan fingerprint density at radius 1 is 1.20 bits per heavy atom. The minimum Gasteiger partial charge on any atom is -0.507 e. The fourth-order valence-corrected chi connectivity index (χ4v) is 5.95. The third kappa shape index (κ3) is 4.97. The van der Waals surface area contributed by atoms with Gasteiger partial charge in [-0.15, -0.1) is 0 Å². The quantitative estimate of drug-likeness (QED) is 0.287. The second kappa shape index (κ2) is 11.0. The molecule has 0 saturated carbocycles. The largest absolute Gasteiger partial charge is 0.507 e. The van der Waals surface area contributed by atoms with Crippen LogP contribution in [-0.2, 0) is 4.79 Å². The second-order valence-corrected chi connectivity index (χ2v) is 11.1. The van der Waals surface area contributed by atoms with E-state index in [1.165, 1.54) is 24.3 Å². The van der Waals surface area contributed by atoms with Gasteiger partial charge in [-0.1, -0.05) is 56.3 Å². The molecule has 1 N–H and O–H groups in total. The maximum atomic E-state index is 15.1. The van der Waals surface area contributed by atoms with E-state index in [4.69, 9.17) is 11.6 Å². The van der Waals surface area contributed by atoms with Gasteiger partial charge in [-0.3, -0.25) is 9.36 Å². The maximum absolute atomic E-state index is 15.1. The molecule has 0 aliphatic carbocycles. The summed E-state index contributed by atoms with van der Waals surface area (Å²) in [5, 5.41) is 11.4. The number of hydrogen-bond donors (Lipinski definition) is 1. The van der Waals surface area contributed by atoms with Gasteiger partial charge in [-0.25, -0.2) is 9.18 Å². The van der Waals surface area contributed by atoms with Gasteiger partial charge in [0.15, 0.2) is 0 Å². The average Bonchev–Trinajstić information content (AvgIpc) is 2.93. The van der Waals surface area contributed by atoms with Crippen molar-refractivity contribution in [3.05, 3.63) is 93.6 Å². The smallest absolute Gasteiger partial charge is 0.354 e. The molecule has 1 aromatic heterocycles. The van der Waals surface area contributed by atoms with Gasteiger partial charge in [0.05, 0.1) is 16.8 Å². The first-order valence-electron chi connectivity index (χ1n) is 13.6. The van der Waals surface area contributed by atoms with E-state index >= 15 is 4.39 Å². The van der Waals surface area contributed by atoms with E-state index in [0.717, 1.165) is 11.1 Å². The Morgan fingerprint density at radius 3 is 2.59 bits per heavy atom. The van der Waals surface area contributed by atoms with Crippen molar-refractivity contribution in [2.24, 2.45) is 0 Å². The number of nitrogens with zero attached hydrogens (tertiary/aromatic N) is 4. The van der Waals surface area contributed by atoms with Crippen LogP contribution >= 0.6 is 11.6 Å². The molecule has 5 rings (SSSR count). The molecule has 0 radical (unpaired) electrons. The molecular weight excluding hydrogens is 543 g/mol. The average molecular weight is 575 g/mol. The van der Waals surface area contributed by atoms with Gasteiger partial charge in [0.2, 0.25) is 5.91 Å². The van der Waals surface area contributed by atoms with Crippen molar-refractivity contribution >= 4 is 34.2 Å². The lowest BCUT2D eigenvalue weighted by molar-refractivity contribution is -0.126. The summed E-state index contributed by atoms with van der Waals surface area (Å²) in [4.78, 5) is 34.6. The number of carbonyl (C=O) groups excluding carboxylic acids is 1. The highest BCUT2D eigenvalue weighted by molar-refractivity contribution is 6.34. The minimum atomic E-state index is -0.634. The number of piperazine rings is 1. The normalized spacial score (nSPS) is 15.5. The lowest BCUT2D eigenvalue weighted by Crippen LogP contribution is -2.54. The lowest BCUT2D eigenvalue weighted by atomic mass is 9.97. The highest BCUT2D eigenvalue weighted by Gasteiger charge is 2.30. The first-order valence-corrected chi connectivity index (χ1v) is 13.9. The number of amides is 1. The van der Waals surface area contributed by atoms with Crippen LogP contribution in [0.1, 0.15) is 37.8 Å². The molecule has 1 aliphatic rings. The van der Waals surface area contributed by atoms with Crippen LogP contribution in [0.5, 0.6) is 5.75 Å². The number of hydrogen-bond acceptors (Lipinski definition) is 5. The highest BCUT2D eigenvalue weighted by Crippen LogP contribution is 2.41. The zero-order valence-corrected chi connectivity index (χ0v) is 24.2. The number of aromatic hydroxyl groups is 1. The summed E-state index contributed by atoms with van der Waals surface area (Å²) >= 11 is 6.79. The van der Waals surface area contributed by atoms with Gasteiger partial charge >= 0.3 is 5.69 Å². The Balaban J connectivity index is 1.83. The molecule has 212 valence electrons. The van der Waals surface area contributed by atoms with Crippen molar-refractivity contribution in [1.82, 2.24) is 14.5 Å². The Labute approximate surface area is 243 Å². The van der Waals surface area contributed by atoms with Crippen LogP contribution in [0.3, 0.4) is 0 Å². The molecule has 1 saturated heterocycles. The molecule has 1 fully saturated rings. The van der Waals surface area contributed by atoms with Crippen molar-refractivity contribution < 1.29 is 14.3 Å². The standard InChI is InChI=1S/C32H32ClFN4O3/c1-6-28(40)36-13-14-37(20(5)17-36)31-23-15-24(33)22(29-25(34)11-8-12-27(29)39)16-26(23)38(32(41)35-31)30-19(4)9-7-10-21(30)18(2)3/h6-12,15-16,18,20,39H,1,13-14,17H2,2-5H3. The summed E-state index contributed by atoms with van der Waals surface area (Å²) in [6.45, 7) is 12.9. The van der Waals surface area contributed by atoms with Crippen molar-refractivity contribution in [3.63, 3.8) is 0 Å². The van der Waals surface area contributed by atoms with Crippen LogP contribution in [0.15, 0.2) is 66.0 Å². The number of carbonyl (C=O) groups is 1. The molecule has 3 aromatic carbocycles. The zero-order valence-electron chi connectivity index (χ0n) is 23.5. The topological polar surface area (TPSA) is 78.7 Å². The van der Waals surface area contributed by atoms with Gasteiger partial charge in [0, 0.05) is 41.6 Å². The van der Waals surface area contributed by atoms with E-state index < -0.39 is 11.5 Å². The number of fused-ring (bicyclic) bond motifs is 1. The molecule has 4 aromatic rings. The minimum absolute atomic E-state index is 0.0458. The van der Waals surface area contributed by atoms with Crippen molar-refractivity contribution in [1.29, 1.82) is 0 Å². The Bertz CT molecular complexity index is 1730. The Hall–Kier alpha value is -4.17. The number of halogens is 2. The van der Waals surface area contributed by atoms with Gasteiger partial charge in [-0.2, -0.15) is 4.98 Å². The van der Waals surface area contributed by atoms with E-state index in [1.807, 2.05) is 36.9 Å².